The van der Waals surface area contributed by atoms with Crippen molar-refractivity contribution >= 4 is 11.3 Å². The first-order chi connectivity index (χ1) is 7.42. The van der Waals surface area contributed by atoms with E-state index in [4.69, 9.17) is 4.74 Å². The summed E-state index contributed by atoms with van der Waals surface area (Å²) in [6.45, 7) is 3.23. The first-order valence-corrected chi connectivity index (χ1v) is 6.56. The molecule has 1 aromatic rings. The summed E-state index contributed by atoms with van der Waals surface area (Å²) in [5.74, 6) is 0.813. The molecule has 1 N–H and O–H groups in total. The van der Waals surface area contributed by atoms with Crippen molar-refractivity contribution in [2.75, 3.05) is 19.7 Å². The average molecular weight is 224 g/mol. The second-order valence-corrected chi connectivity index (χ2v) is 5.34. The van der Waals surface area contributed by atoms with Gasteiger partial charge >= 0.3 is 0 Å². The van der Waals surface area contributed by atoms with Gasteiger partial charge in [0, 0.05) is 18.4 Å². The van der Waals surface area contributed by atoms with Crippen LogP contribution in [-0.4, -0.2) is 24.7 Å². The van der Waals surface area contributed by atoms with E-state index in [9.17, 15) is 0 Å². The third kappa shape index (κ3) is 2.07. The van der Waals surface area contributed by atoms with Gasteiger partial charge in [-0.25, -0.2) is 4.98 Å². The highest BCUT2D eigenvalue weighted by Gasteiger charge is 2.22. The van der Waals surface area contributed by atoms with Crippen molar-refractivity contribution in [3.05, 3.63) is 16.1 Å². The van der Waals surface area contributed by atoms with Crippen LogP contribution in [0.2, 0.25) is 0 Å². The quantitative estimate of drug-likeness (QED) is 0.849. The molecule has 1 unspecified atom stereocenters. The lowest BCUT2D eigenvalue weighted by Crippen LogP contribution is -2.43. The van der Waals surface area contributed by atoms with Gasteiger partial charge < -0.3 is 10.1 Å². The Morgan fingerprint density at radius 1 is 1.53 bits per heavy atom. The molecule has 0 bridgehead atoms. The Kier molecular flexibility index (Phi) is 2.73. The highest BCUT2D eigenvalue weighted by Crippen LogP contribution is 2.29. The van der Waals surface area contributed by atoms with Gasteiger partial charge in [0.05, 0.1) is 10.7 Å². The molecule has 3 heterocycles. The second-order valence-electron chi connectivity index (χ2n) is 4.40. The Balaban J connectivity index is 1.64. The number of hydrogen-bond donors (Lipinski definition) is 1. The highest BCUT2D eigenvalue weighted by molar-refractivity contribution is 7.09. The van der Waals surface area contributed by atoms with E-state index in [0.29, 0.717) is 0 Å². The molecule has 2 saturated heterocycles. The van der Waals surface area contributed by atoms with Gasteiger partial charge in [-0.15, -0.1) is 11.3 Å². The van der Waals surface area contributed by atoms with Crippen molar-refractivity contribution in [1.82, 2.24) is 10.3 Å². The van der Waals surface area contributed by atoms with Crippen LogP contribution >= 0.6 is 11.3 Å². The lowest BCUT2D eigenvalue weighted by atomic mass is 10.0. The first-order valence-electron chi connectivity index (χ1n) is 5.68. The van der Waals surface area contributed by atoms with E-state index in [1.807, 2.05) is 0 Å². The molecule has 1 aromatic heterocycles. The molecule has 3 rings (SSSR count). The van der Waals surface area contributed by atoms with Gasteiger partial charge in [0.25, 0.3) is 0 Å². The second kappa shape index (κ2) is 4.20. The summed E-state index contributed by atoms with van der Waals surface area (Å²) in [5, 5.41) is 6.76. The number of rotatable bonds is 3. The molecule has 0 aromatic carbocycles. The third-order valence-corrected chi connectivity index (χ3v) is 4.05. The van der Waals surface area contributed by atoms with E-state index in [1.54, 1.807) is 11.3 Å². The van der Waals surface area contributed by atoms with Crippen molar-refractivity contribution < 1.29 is 4.74 Å². The summed E-state index contributed by atoms with van der Waals surface area (Å²) in [4.78, 5) is 4.68. The van der Waals surface area contributed by atoms with Crippen molar-refractivity contribution in [3.8, 4) is 0 Å². The minimum Gasteiger partial charge on any atom is -0.372 e. The summed E-state index contributed by atoms with van der Waals surface area (Å²) in [6.07, 6.45) is 3.76. The molecule has 2 fully saturated rings. The lowest BCUT2D eigenvalue weighted by molar-refractivity contribution is 0.109. The summed E-state index contributed by atoms with van der Waals surface area (Å²) in [6, 6.07) is 0. The topological polar surface area (TPSA) is 34.2 Å². The molecule has 0 saturated carbocycles. The van der Waals surface area contributed by atoms with Crippen molar-refractivity contribution in [1.29, 1.82) is 0 Å². The average Bonchev–Trinajstić information content (AvgIpc) is 2.82. The predicted octanol–water partition coefficient (Wildman–Crippen LogP) is 1.76. The summed E-state index contributed by atoms with van der Waals surface area (Å²) in [5.41, 5.74) is 1.17. The monoisotopic (exact) mass is 224 g/mol. The fraction of sp³-hybridized carbons (Fsp3) is 0.727. The Labute approximate surface area is 93.9 Å². The molecule has 2 aliphatic heterocycles. The third-order valence-electron chi connectivity index (χ3n) is 3.16. The van der Waals surface area contributed by atoms with Gasteiger partial charge in [0.15, 0.2) is 0 Å². The number of nitrogens with one attached hydrogen (secondary N) is 1. The molecule has 82 valence electrons. The van der Waals surface area contributed by atoms with Crippen molar-refractivity contribution in [2.45, 2.75) is 25.4 Å². The van der Waals surface area contributed by atoms with Crippen LogP contribution in [0.4, 0.5) is 0 Å². The van der Waals surface area contributed by atoms with Gasteiger partial charge in [-0.1, -0.05) is 0 Å². The molecule has 0 amide bonds. The van der Waals surface area contributed by atoms with Crippen LogP contribution in [-0.2, 0) is 11.2 Å². The maximum atomic E-state index is 5.63. The van der Waals surface area contributed by atoms with Gasteiger partial charge in [-0.3, -0.25) is 0 Å². The normalized spacial score (nSPS) is 26.8. The smallest absolute Gasteiger partial charge is 0.100 e. The molecular formula is C11H16N2OS. The summed E-state index contributed by atoms with van der Waals surface area (Å²) in [7, 11) is 0. The molecule has 0 aliphatic carbocycles. The maximum Gasteiger partial charge on any atom is 0.100 e. The summed E-state index contributed by atoms with van der Waals surface area (Å²) < 4.78 is 5.63. The number of hydrogen-bond acceptors (Lipinski definition) is 4. The van der Waals surface area contributed by atoms with Gasteiger partial charge in [0.1, 0.15) is 6.10 Å². The van der Waals surface area contributed by atoms with Crippen LogP contribution in [0.5, 0.6) is 0 Å². The standard InChI is InChI=1S/C11H16N2OS/c1-2-10(14-3-1)9-7-15-11(13-9)4-8-5-12-6-8/h7-8,10,12H,1-6H2. The number of aromatic nitrogens is 1. The van der Waals surface area contributed by atoms with E-state index in [2.05, 4.69) is 15.7 Å². The molecule has 4 heteroatoms. The van der Waals surface area contributed by atoms with Crippen LogP contribution in [0.15, 0.2) is 5.38 Å². The van der Waals surface area contributed by atoms with Crippen LogP contribution in [0, 0.1) is 5.92 Å². The van der Waals surface area contributed by atoms with E-state index < -0.39 is 0 Å². The Morgan fingerprint density at radius 2 is 2.47 bits per heavy atom. The number of ether oxygens (including phenoxy) is 1. The Hall–Kier alpha value is -0.450. The number of nitrogens with zero attached hydrogens (tertiary/aromatic N) is 1. The molecule has 1 atom stereocenters. The first kappa shape index (κ1) is 9.75. The number of thiazole rings is 1. The summed E-state index contributed by atoms with van der Waals surface area (Å²) >= 11 is 1.80. The van der Waals surface area contributed by atoms with Crippen LogP contribution < -0.4 is 5.32 Å². The van der Waals surface area contributed by atoms with Gasteiger partial charge in [-0.05, 0) is 31.8 Å². The largest absolute Gasteiger partial charge is 0.372 e. The van der Waals surface area contributed by atoms with Gasteiger partial charge in [-0.2, -0.15) is 0 Å². The SMILES string of the molecule is c1sc(CC2CNC2)nc1C1CCCO1. The van der Waals surface area contributed by atoms with Crippen molar-refractivity contribution in [3.63, 3.8) is 0 Å². The molecule has 3 nitrogen and oxygen atoms in total. The zero-order valence-electron chi connectivity index (χ0n) is 8.74. The zero-order valence-corrected chi connectivity index (χ0v) is 9.55. The zero-order chi connectivity index (χ0) is 10.1. The molecule has 2 aliphatic rings. The molecule has 0 spiro atoms. The predicted molar refractivity (Wildman–Crippen MR) is 60.1 cm³/mol. The molecule has 15 heavy (non-hydrogen) atoms. The van der Waals surface area contributed by atoms with E-state index in [0.717, 1.165) is 38.5 Å². The minimum absolute atomic E-state index is 0.287. The van der Waals surface area contributed by atoms with E-state index in [1.165, 1.54) is 17.1 Å². The van der Waals surface area contributed by atoms with Gasteiger partial charge in [0.2, 0.25) is 0 Å². The maximum absolute atomic E-state index is 5.63. The van der Waals surface area contributed by atoms with Crippen LogP contribution in [0.25, 0.3) is 0 Å². The fourth-order valence-electron chi connectivity index (χ4n) is 2.12. The van der Waals surface area contributed by atoms with Crippen LogP contribution in [0.3, 0.4) is 0 Å². The Bertz CT molecular complexity index is 329. The fourth-order valence-corrected chi connectivity index (χ4v) is 3.07. The van der Waals surface area contributed by atoms with E-state index in [-0.39, 0.29) is 6.10 Å². The van der Waals surface area contributed by atoms with E-state index >= 15 is 0 Å². The van der Waals surface area contributed by atoms with Crippen molar-refractivity contribution in [2.24, 2.45) is 5.92 Å². The molecule has 0 radical (unpaired) electrons. The minimum atomic E-state index is 0.287. The highest BCUT2D eigenvalue weighted by atomic mass is 32.1. The Morgan fingerprint density at radius 3 is 3.13 bits per heavy atom. The lowest BCUT2D eigenvalue weighted by Gasteiger charge is -2.25. The van der Waals surface area contributed by atoms with Crippen LogP contribution in [0.1, 0.15) is 29.6 Å². The molecular weight excluding hydrogens is 208 g/mol.